The van der Waals surface area contributed by atoms with Gasteiger partial charge in [-0.2, -0.15) is 0 Å². The molecule has 0 amide bonds. The van der Waals surface area contributed by atoms with Crippen LogP contribution in [-0.4, -0.2) is 5.78 Å². The molecule has 0 bridgehead atoms. The van der Waals surface area contributed by atoms with E-state index in [0.717, 1.165) is 22.1 Å². The maximum absolute atomic E-state index is 13.2. The van der Waals surface area contributed by atoms with Gasteiger partial charge in [0.15, 0.2) is 10.8 Å². The zero-order valence-electron chi connectivity index (χ0n) is 13.2. The predicted molar refractivity (Wildman–Crippen MR) is 93.0 cm³/mol. The molecule has 0 N–H and O–H groups in total. The molecule has 4 nitrogen and oxygen atoms in total. The fourth-order valence-electron chi connectivity index (χ4n) is 4.11. The summed E-state index contributed by atoms with van der Waals surface area (Å²) in [6.45, 7) is 0. The molecule has 3 aliphatic rings. The van der Waals surface area contributed by atoms with E-state index in [4.69, 9.17) is 0 Å². The molecule has 0 spiro atoms. The monoisotopic (exact) mass is 324 g/mol. The summed E-state index contributed by atoms with van der Waals surface area (Å²) in [6, 6.07) is 9.34. The minimum atomic E-state index is -0.121. The van der Waals surface area contributed by atoms with Crippen molar-refractivity contribution in [3.05, 3.63) is 81.2 Å². The van der Waals surface area contributed by atoms with Gasteiger partial charge in [0, 0.05) is 12.3 Å². The van der Waals surface area contributed by atoms with Crippen LogP contribution in [0.5, 0.6) is 5.75 Å². The van der Waals surface area contributed by atoms with Gasteiger partial charge in [-0.25, -0.2) is 0 Å². The number of rotatable bonds is 0. The number of carbonyl (C=O) groups is 1. The number of allylic oxidation sites excluding steroid dienone is 5. The smallest absolute Gasteiger partial charge is 0.400 e. The number of nitrogens with zero attached hydrogens (tertiary/aromatic N) is 2. The van der Waals surface area contributed by atoms with Gasteiger partial charge in [-0.1, -0.05) is 47.7 Å². The summed E-state index contributed by atoms with van der Waals surface area (Å²) >= 11 is 0. The standard InChI is InChI=1S/C21H12N2O2/c22-23-20-16-7-5-12-9-13(24)6-8-14(12)18(16)19-17(20)10-11-3-1-2-4-15(11)21(19)25/h1-8,10,14H,9H2. The second-order valence-corrected chi connectivity index (χ2v) is 6.51. The van der Waals surface area contributed by atoms with Crippen LogP contribution < -0.4 is 15.5 Å². The molecule has 1 atom stereocenters. The van der Waals surface area contributed by atoms with Crippen molar-refractivity contribution in [1.29, 1.82) is 5.39 Å². The Morgan fingerprint density at radius 1 is 1.20 bits per heavy atom. The Labute approximate surface area is 143 Å². The third kappa shape index (κ3) is 1.75. The molecule has 0 saturated heterocycles. The Morgan fingerprint density at radius 3 is 2.88 bits per heavy atom. The summed E-state index contributed by atoms with van der Waals surface area (Å²) in [5.74, 6) is -0.112. The lowest BCUT2D eigenvalue weighted by atomic mass is 9.77. The van der Waals surface area contributed by atoms with Crippen LogP contribution in [0, 0.1) is 11.3 Å². The first-order chi connectivity index (χ1) is 12.2. The Kier molecular flexibility index (Phi) is 2.66. The van der Waals surface area contributed by atoms with Crippen LogP contribution in [0.3, 0.4) is 0 Å². The molecule has 0 aromatic heterocycles. The number of carbonyl (C=O) groups excluding carboxylic acids is 1. The van der Waals surface area contributed by atoms with Gasteiger partial charge in [0.1, 0.15) is 0 Å². The van der Waals surface area contributed by atoms with E-state index in [0.29, 0.717) is 27.9 Å². The van der Waals surface area contributed by atoms with Gasteiger partial charge < -0.3 is 5.11 Å². The van der Waals surface area contributed by atoms with Crippen molar-refractivity contribution in [3.8, 4) is 5.75 Å². The van der Waals surface area contributed by atoms with Gasteiger partial charge >= 0.3 is 5.70 Å². The molecule has 118 valence electrons. The topological polar surface area (TPSA) is 68.3 Å². The molecule has 5 rings (SSSR count). The minimum Gasteiger partial charge on any atom is -0.872 e. The van der Waals surface area contributed by atoms with E-state index >= 15 is 0 Å². The van der Waals surface area contributed by atoms with Gasteiger partial charge in [0.25, 0.3) is 0 Å². The molecule has 3 aliphatic carbocycles. The van der Waals surface area contributed by atoms with Crippen molar-refractivity contribution in [2.75, 3.05) is 0 Å². The summed E-state index contributed by atoms with van der Waals surface area (Å²) in [5.41, 5.74) is 3.01. The molecule has 1 unspecified atom stereocenters. The predicted octanol–water partition coefficient (Wildman–Crippen LogP) is 2.05. The van der Waals surface area contributed by atoms with Gasteiger partial charge in [0.2, 0.25) is 5.39 Å². The van der Waals surface area contributed by atoms with Crippen LogP contribution in [0.4, 0.5) is 0 Å². The molecule has 0 heterocycles. The van der Waals surface area contributed by atoms with Crippen molar-refractivity contribution in [2.45, 2.75) is 6.42 Å². The van der Waals surface area contributed by atoms with E-state index in [2.05, 4.69) is 4.98 Å². The molecule has 0 fully saturated rings. The number of fused-ring (bicyclic) bond motifs is 5. The number of hydrogen-bond donors (Lipinski definition) is 0. The zero-order valence-corrected chi connectivity index (χ0v) is 13.2. The van der Waals surface area contributed by atoms with Crippen molar-refractivity contribution < 1.29 is 9.90 Å². The van der Waals surface area contributed by atoms with Gasteiger partial charge in [-0.3, -0.25) is 4.79 Å². The molecule has 0 aliphatic heterocycles. The van der Waals surface area contributed by atoms with E-state index < -0.39 is 0 Å². The number of hydrogen-bond acceptors (Lipinski definition) is 3. The quantitative estimate of drug-likeness (QED) is 0.697. The van der Waals surface area contributed by atoms with Crippen LogP contribution >= 0.6 is 0 Å². The first-order valence-electron chi connectivity index (χ1n) is 8.14. The summed E-state index contributed by atoms with van der Waals surface area (Å²) < 4.78 is 0. The van der Waals surface area contributed by atoms with Crippen LogP contribution in [0.25, 0.3) is 27.0 Å². The Balaban J connectivity index is 1.99. The lowest BCUT2D eigenvalue weighted by Gasteiger charge is -2.25. The van der Waals surface area contributed by atoms with Gasteiger partial charge in [-0.05, 0) is 39.8 Å². The van der Waals surface area contributed by atoms with Crippen LogP contribution in [-0.2, 0) is 4.79 Å². The highest BCUT2D eigenvalue weighted by molar-refractivity contribution is 6.02. The van der Waals surface area contributed by atoms with E-state index in [1.54, 1.807) is 6.08 Å². The number of benzene rings is 2. The van der Waals surface area contributed by atoms with Gasteiger partial charge in [0.05, 0.1) is 10.8 Å². The third-order valence-corrected chi connectivity index (χ3v) is 5.20. The lowest BCUT2D eigenvalue weighted by molar-refractivity contribution is -0.267. The number of diazo groups is 1. The summed E-state index contributed by atoms with van der Waals surface area (Å²) in [6.07, 6.45) is 7.55. The highest BCUT2D eigenvalue weighted by Gasteiger charge is 2.37. The largest absolute Gasteiger partial charge is 0.872 e. The van der Waals surface area contributed by atoms with E-state index in [9.17, 15) is 15.3 Å². The molecule has 4 heteroatoms. The maximum atomic E-state index is 13.2. The fourth-order valence-corrected chi connectivity index (χ4v) is 4.11. The van der Waals surface area contributed by atoms with E-state index in [1.165, 1.54) is 0 Å². The van der Waals surface area contributed by atoms with Crippen molar-refractivity contribution in [1.82, 2.24) is 0 Å². The maximum Gasteiger partial charge on any atom is 0.400 e. The Hall–Kier alpha value is -3.45. The zero-order chi connectivity index (χ0) is 17.1. The minimum absolute atomic E-state index is 0.0563. The van der Waals surface area contributed by atoms with Crippen LogP contribution in [0.1, 0.15) is 6.42 Å². The third-order valence-electron chi connectivity index (χ3n) is 5.20. The second-order valence-electron chi connectivity index (χ2n) is 6.51. The highest BCUT2D eigenvalue weighted by Crippen LogP contribution is 2.42. The van der Waals surface area contributed by atoms with Crippen molar-refractivity contribution >= 4 is 27.8 Å². The number of ketones is 1. The Bertz CT molecular complexity index is 1250. The summed E-state index contributed by atoms with van der Waals surface area (Å²) in [7, 11) is 0. The van der Waals surface area contributed by atoms with Gasteiger partial charge in [-0.15, -0.1) is 0 Å². The molecule has 0 saturated carbocycles. The van der Waals surface area contributed by atoms with Crippen LogP contribution in [0.15, 0.2) is 65.8 Å². The molecular formula is C21H12N2O2. The summed E-state index contributed by atoms with van der Waals surface area (Å²) in [5, 5.41) is 25.5. The van der Waals surface area contributed by atoms with E-state index in [1.807, 2.05) is 48.6 Å². The molecule has 2 aromatic carbocycles. The summed E-state index contributed by atoms with van der Waals surface area (Å²) in [4.78, 5) is 15.2. The fraction of sp³-hybridized carbons (Fsp3) is 0.0952. The molecule has 25 heavy (non-hydrogen) atoms. The molecule has 0 radical (unpaired) electrons. The average Bonchev–Trinajstić information content (AvgIpc) is 2.95. The van der Waals surface area contributed by atoms with Crippen molar-refractivity contribution in [3.63, 3.8) is 0 Å². The average molecular weight is 324 g/mol. The normalized spacial score (nSPS) is 20.6. The SMILES string of the molecule is N#[N+]C1=c2cc3ccccc3c([O-])c2=C2C1=CC=C1CC(=O)C=CC12. The molecule has 2 aromatic rings. The van der Waals surface area contributed by atoms with Crippen LogP contribution in [0.2, 0.25) is 0 Å². The second kappa shape index (κ2) is 4.78. The van der Waals surface area contributed by atoms with E-state index in [-0.39, 0.29) is 17.5 Å². The lowest BCUT2D eigenvalue weighted by Crippen LogP contribution is -2.30. The Morgan fingerprint density at radius 2 is 2.04 bits per heavy atom. The molecular weight excluding hydrogens is 312 g/mol. The van der Waals surface area contributed by atoms with Crippen molar-refractivity contribution in [2.24, 2.45) is 5.92 Å². The highest BCUT2D eigenvalue weighted by atomic mass is 16.3. The first kappa shape index (κ1) is 13.9. The first-order valence-corrected chi connectivity index (χ1v) is 8.14.